The van der Waals surface area contributed by atoms with E-state index in [-0.39, 0.29) is 12.3 Å². The van der Waals surface area contributed by atoms with Crippen molar-refractivity contribution >= 4 is 52.1 Å². The molecule has 1 heterocycles. The Bertz CT molecular complexity index is 1060. The lowest BCUT2D eigenvalue weighted by atomic mass is 10.0. The van der Waals surface area contributed by atoms with Crippen LogP contribution in [0.1, 0.15) is 24.0 Å². The number of hydrogen-bond donors (Lipinski definition) is 2. The van der Waals surface area contributed by atoms with Gasteiger partial charge in [-0.1, -0.05) is 41.4 Å². The van der Waals surface area contributed by atoms with E-state index >= 15 is 0 Å². The van der Waals surface area contributed by atoms with Crippen LogP contribution in [-0.4, -0.2) is 60.4 Å². The molecule has 0 atom stereocenters. The van der Waals surface area contributed by atoms with Crippen LogP contribution in [-0.2, 0) is 4.79 Å². The number of carboxylic acids is 1. The van der Waals surface area contributed by atoms with Crippen LogP contribution in [0.2, 0.25) is 10.0 Å². The van der Waals surface area contributed by atoms with Crippen molar-refractivity contribution in [2.24, 2.45) is 15.1 Å². The third-order valence-corrected chi connectivity index (χ3v) is 5.14. The third-order valence-electron chi connectivity index (χ3n) is 4.57. The molecule has 31 heavy (non-hydrogen) atoms. The summed E-state index contributed by atoms with van der Waals surface area (Å²) >= 11 is 12.6. The zero-order valence-corrected chi connectivity index (χ0v) is 18.8. The maximum absolute atomic E-state index is 11.5. The number of aliphatic imine (C=N–C) groups is 2. The van der Waals surface area contributed by atoms with Crippen molar-refractivity contribution in [2.45, 2.75) is 12.8 Å². The van der Waals surface area contributed by atoms with Gasteiger partial charge in [0.25, 0.3) is 0 Å². The molecule has 0 saturated heterocycles. The van der Waals surface area contributed by atoms with Gasteiger partial charge in [-0.25, -0.2) is 9.79 Å². The molecule has 9 heteroatoms. The van der Waals surface area contributed by atoms with Gasteiger partial charge in [0.05, 0.1) is 17.9 Å². The first-order valence-corrected chi connectivity index (χ1v) is 10.5. The number of rotatable bonds is 7. The van der Waals surface area contributed by atoms with Crippen molar-refractivity contribution in [2.75, 3.05) is 27.2 Å². The van der Waals surface area contributed by atoms with Gasteiger partial charge in [-0.05, 0) is 51.3 Å². The van der Waals surface area contributed by atoms with Gasteiger partial charge in [-0.15, -0.1) is 0 Å². The Balaban J connectivity index is 1.91. The molecule has 162 valence electrons. The highest BCUT2D eigenvalue weighted by Crippen LogP contribution is 2.30. The van der Waals surface area contributed by atoms with Crippen molar-refractivity contribution in [3.05, 3.63) is 63.6 Å². The van der Waals surface area contributed by atoms with Gasteiger partial charge < -0.3 is 10.0 Å². The molecule has 0 fully saturated rings. The summed E-state index contributed by atoms with van der Waals surface area (Å²) in [5.41, 5.74) is 5.65. The smallest absolute Gasteiger partial charge is 0.352 e. The summed E-state index contributed by atoms with van der Waals surface area (Å²) in [7, 11) is 3.88. The molecule has 3 rings (SSSR count). The minimum atomic E-state index is -1.06. The summed E-state index contributed by atoms with van der Waals surface area (Å²) < 4.78 is 0. The third kappa shape index (κ3) is 6.13. The van der Waals surface area contributed by atoms with Gasteiger partial charge >= 0.3 is 5.97 Å². The minimum Gasteiger partial charge on any atom is -0.477 e. The molecule has 2 N–H and O–H groups in total. The van der Waals surface area contributed by atoms with Crippen molar-refractivity contribution in [3.63, 3.8) is 0 Å². The maximum Gasteiger partial charge on any atom is 0.352 e. The highest BCUT2D eigenvalue weighted by atomic mass is 35.5. The van der Waals surface area contributed by atoms with Crippen molar-refractivity contribution in [3.8, 4) is 0 Å². The number of aliphatic carboxylic acids is 1. The Morgan fingerprint density at radius 1 is 1.19 bits per heavy atom. The number of nitrogens with one attached hydrogen (secondary N) is 1. The fourth-order valence-electron chi connectivity index (χ4n) is 3.06. The van der Waals surface area contributed by atoms with Crippen LogP contribution < -0.4 is 5.43 Å². The molecule has 0 bridgehead atoms. The number of nitrogens with zero attached hydrogens (tertiary/aromatic N) is 4. The highest BCUT2D eigenvalue weighted by molar-refractivity contribution is 6.37. The van der Waals surface area contributed by atoms with Gasteiger partial charge in [0.15, 0.2) is 0 Å². The van der Waals surface area contributed by atoms with E-state index in [9.17, 15) is 9.90 Å². The van der Waals surface area contributed by atoms with Crippen LogP contribution in [0.4, 0.5) is 5.69 Å². The predicted octanol–water partition coefficient (Wildman–Crippen LogP) is 4.25. The number of benzene rings is 2. The Hall–Kier alpha value is -2.74. The fraction of sp³-hybridized carbons (Fsp3) is 0.273. The first-order chi connectivity index (χ1) is 14.8. The minimum absolute atomic E-state index is 0.0421. The van der Waals surface area contributed by atoms with Crippen molar-refractivity contribution in [1.82, 2.24) is 10.3 Å². The second-order valence-electron chi connectivity index (χ2n) is 7.25. The second-order valence-corrected chi connectivity index (χ2v) is 8.09. The first kappa shape index (κ1) is 22.9. The average molecular weight is 460 g/mol. The molecule has 0 unspecified atom stereocenters. The molecule has 1 aliphatic rings. The van der Waals surface area contributed by atoms with Gasteiger partial charge in [-0.3, -0.25) is 10.4 Å². The molecule has 2 aromatic rings. The van der Waals surface area contributed by atoms with Crippen molar-refractivity contribution in [1.29, 1.82) is 0 Å². The summed E-state index contributed by atoms with van der Waals surface area (Å²) in [6.07, 6.45) is 1.02. The quantitative estimate of drug-likeness (QED) is 0.478. The van der Waals surface area contributed by atoms with Crippen LogP contribution in [0.25, 0.3) is 0 Å². The van der Waals surface area contributed by atoms with Gasteiger partial charge in [0.2, 0.25) is 0 Å². The Morgan fingerprint density at radius 2 is 1.97 bits per heavy atom. The average Bonchev–Trinajstić information content (AvgIpc) is 2.89. The van der Waals surface area contributed by atoms with Crippen LogP contribution >= 0.6 is 23.2 Å². The summed E-state index contributed by atoms with van der Waals surface area (Å²) in [6, 6.07) is 12.7. The number of carbonyl (C=O) groups is 1. The van der Waals surface area contributed by atoms with E-state index in [2.05, 4.69) is 20.5 Å². The highest BCUT2D eigenvalue weighted by Gasteiger charge is 2.19. The van der Waals surface area contributed by atoms with Crippen LogP contribution in [0.3, 0.4) is 0 Å². The second kappa shape index (κ2) is 10.5. The molecule has 0 aromatic heterocycles. The van der Waals surface area contributed by atoms with E-state index in [1.165, 1.54) is 0 Å². The molecule has 2 aromatic carbocycles. The molecule has 7 nitrogen and oxygen atoms in total. The molecule has 0 spiro atoms. The van der Waals surface area contributed by atoms with Crippen LogP contribution in [0.5, 0.6) is 0 Å². The fourth-order valence-corrected chi connectivity index (χ4v) is 3.46. The Kier molecular flexibility index (Phi) is 7.79. The van der Waals surface area contributed by atoms with Crippen LogP contribution in [0.15, 0.2) is 57.6 Å². The molecule has 0 radical (unpaired) electrons. The van der Waals surface area contributed by atoms with Gasteiger partial charge in [0.1, 0.15) is 11.5 Å². The largest absolute Gasteiger partial charge is 0.477 e. The predicted molar refractivity (Wildman–Crippen MR) is 126 cm³/mol. The Labute approximate surface area is 191 Å². The van der Waals surface area contributed by atoms with E-state index in [4.69, 9.17) is 23.2 Å². The zero-order chi connectivity index (χ0) is 22.4. The molecule has 0 aliphatic carbocycles. The van der Waals surface area contributed by atoms with Gasteiger partial charge in [-0.2, -0.15) is 5.10 Å². The number of amidine groups is 1. The topological polar surface area (TPSA) is 89.6 Å². The van der Waals surface area contributed by atoms with E-state index in [0.717, 1.165) is 17.7 Å². The lowest BCUT2D eigenvalue weighted by Gasteiger charge is -2.10. The summed E-state index contributed by atoms with van der Waals surface area (Å²) in [6.45, 7) is 0.952. The lowest BCUT2D eigenvalue weighted by Crippen LogP contribution is -2.26. The van der Waals surface area contributed by atoms with E-state index in [1.54, 1.807) is 24.3 Å². The monoisotopic (exact) mass is 459 g/mol. The standard InChI is InChI=1S/C22H23Cl2N5O2/c1-29(2)11-5-8-19(22(30)31)27-28-20-13-25-21(15-6-3-4-7-17(15)24)16-12-14(23)9-10-18(16)26-20/h3-4,6-7,9-10,12H,5,8,11,13H2,1-2H3,(H,26,28)(H,30,31)/b27-19+. The molecular formula is C22H23Cl2N5O2. The normalized spacial score (nSPS) is 13.9. The molecule has 0 amide bonds. The maximum atomic E-state index is 11.5. The SMILES string of the molecule is CN(C)CCC/C(=N\NC1=Nc2ccc(Cl)cc2C(c2ccccc2Cl)=NC1)C(=O)O. The number of hydrogen-bond acceptors (Lipinski definition) is 6. The number of hydrazone groups is 1. The summed E-state index contributed by atoms with van der Waals surface area (Å²) in [5.74, 6) is -0.634. The molecule has 1 aliphatic heterocycles. The molecular weight excluding hydrogens is 437 g/mol. The van der Waals surface area contributed by atoms with E-state index in [0.29, 0.717) is 40.1 Å². The zero-order valence-electron chi connectivity index (χ0n) is 17.3. The summed E-state index contributed by atoms with van der Waals surface area (Å²) in [5, 5.41) is 14.7. The lowest BCUT2D eigenvalue weighted by molar-refractivity contribution is -0.129. The van der Waals surface area contributed by atoms with Crippen molar-refractivity contribution < 1.29 is 9.90 Å². The first-order valence-electron chi connectivity index (χ1n) is 9.72. The number of halogens is 2. The summed E-state index contributed by atoms with van der Waals surface area (Å²) in [4.78, 5) is 22.8. The van der Waals surface area contributed by atoms with Gasteiger partial charge in [0, 0.05) is 27.6 Å². The van der Waals surface area contributed by atoms with E-state index in [1.807, 2.05) is 37.2 Å². The van der Waals surface area contributed by atoms with Crippen LogP contribution in [0, 0.1) is 0 Å². The number of carboxylic acid groups (broad SMARTS) is 1. The molecule has 0 saturated carbocycles. The Morgan fingerprint density at radius 3 is 2.68 bits per heavy atom. The number of fused-ring (bicyclic) bond motifs is 1. The van der Waals surface area contributed by atoms with E-state index < -0.39 is 5.97 Å².